The number of anilines is 1. The number of nitrogens with one attached hydrogen (secondary N) is 1. The van der Waals surface area contributed by atoms with Gasteiger partial charge in [0, 0.05) is 12.2 Å². The lowest BCUT2D eigenvalue weighted by atomic mass is 10.1. The summed E-state index contributed by atoms with van der Waals surface area (Å²) in [4.78, 5) is 18.7. The second kappa shape index (κ2) is 6.84. The molecule has 0 saturated carbocycles. The van der Waals surface area contributed by atoms with Crippen LogP contribution in [0, 0.1) is 6.92 Å². The Bertz CT molecular complexity index is 763. The summed E-state index contributed by atoms with van der Waals surface area (Å²) >= 11 is 0. The molecule has 1 aliphatic heterocycles. The third-order valence-electron chi connectivity index (χ3n) is 3.91. The van der Waals surface area contributed by atoms with Gasteiger partial charge >= 0.3 is 6.03 Å². The molecule has 1 N–H and O–H groups in total. The van der Waals surface area contributed by atoms with Gasteiger partial charge in [-0.2, -0.15) is 5.10 Å². The van der Waals surface area contributed by atoms with Crippen LogP contribution in [0.25, 0.3) is 0 Å². The summed E-state index contributed by atoms with van der Waals surface area (Å²) in [6, 6.07) is 7.62. The number of hydrogen-bond donors (Lipinski definition) is 1. The van der Waals surface area contributed by atoms with Crippen LogP contribution in [-0.4, -0.2) is 37.8 Å². The summed E-state index contributed by atoms with van der Waals surface area (Å²) < 4.78 is 7.66. The van der Waals surface area contributed by atoms with E-state index in [9.17, 15) is 4.79 Å². The molecule has 0 bridgehead atoms. The maximum Gasteiger partial charge on any atom is 0.322 e. The van der Waals surface area contributed by atoms with E-state index in [4.69, 9.17) is 4.74 Å². The molecular weight excluding hydrogens is 318 g/mol. The van der Waals surface area contributed by atoms with Gasteiger partial charge in [0.25, 0.3) is 0 Å². The summed E-state index contributed by atoms with van der Waals surface area (Å²) in [5.74, 6) is 1.56. The SMILES string of the molecule is Cc1nc2n(n1)CCN(C(=O)Nc1cccc(COC(C)(C)C)c1)C2. The van der Waals surface area contributed by atoms with Gasteiger partial charge in [-0.05, 0) is 45.4 Å². The van der Waals surface area contributed by atoms with Crippen LogP contribution < -0.4 is 5.32 Å². The molecule has 0 atom stereocenters. The minimum Gasteiger partial charge on any atom is -0.371 e. The number of urea groups is 1. The minimum atomic E-state index is -0.193. The third kappa shape index (κ3) is 4.57. The van der Waals surface area contributed by atoms with Gasteiger partial charge in [-0.25, -0.2) is 14.5 Å². The maximum absolute atomic E-state index is 12.5. The Hall–Kier alpha value is -2.41. The molecule has 134 valence electrons. The lowest BCUT2D eigenvalue weighted by Crippen LogP contribution is -2.41. The Morgan fingerprint density at radius 3 is 2.88 bits per heavy atom. The van der Waals surface area contributed by atoms with Gasteiger partial charge in [0.1, 0.15) is 11.6 Å². The van der Waals surface area contributed by atoms with Crippen LogP contribution in [0.5, 0.6) is 0 Å². The molecule has 0 spiro atoms. The number of benzene rings is 1. The average molecular weight is 343 g/mol. The van der Waals surface area contributed by atoms with Crippen LogP contribution in [0.15, 0.2) is 24.3 Å². The average Bonchev–Trinajstić information content (AvgIpc) is 2.91. The third-order valence-corrected chi connectivity index (χ3v) is 3.91. The van der Waals surface area contributed by atoms with Gasteiger partial charge in [0.15, 0.2) is 0 Å². The van der Waals surface area contributed by atoms with E-state index in [1.807, 2.05) is 56.6 Å². The number of carbonyl (C=O) groups excluding carboxylic acids is 1. The maximum atomic E-state index is 12.5. The Morgan fingerprint density at radius 1 is 1.32 bits per heavy atom. The highest BCUT2D eigenvalue weighted by atomic mass is 16.5. The quantitative estimate of drug-likeness (QED) is 0.930. The molecule has 2 aromatic rings. The van der Waals surface area contributed by atoms with Crippen molar-refractivity contribution in [3.8, 4) is 0 Å². The lowest BCUT2D eigenvalue weighted by Gasteiger charge is -2.27. The summed E-state index contributed by atoms with van der Waals surface area (Å²) in [7, 11) is 0. The van der Waals surface area contributed by atoms with Gasteiger partial charge in [-0.15, -0.1) is 0 Å². The molecule has 1 aromatic heterocycles. The number of carbonyl (C=O) groups is 1. The summed E-state index contributed by atoms with van der Waals surface area (Å²) in [6.07, 6.45) is 0. The standard InChI is InChI=1S/C18H25N5O2/c1-13-19-16-11-22(8-9-23(16)21-13)17(24)20-15-7-5-6-14(10-15)12-25-18(2,3)4/h5-7,10H,8-9,11-12H2,1-4H3,(H,20,24). The highest BCUT2D eigenvalue weighted by Crippen LogP contribution is 2.17. The molecule has 0 unspecified atom stereocenters. The first-order chi connectivity index (χ1) is 11.8. The summed E-state index contributed by atoms with van der Waals surface area (Å²) in [5.41, 5.74) is 1.60. The van der Waals surface area contributed by atoms with Crippen LogP contribution in [-0.2, 0) is 24.4 Å². The predicted octanol–water partition coefficient (Wildman–Crippen LogP) is 2.95. The molecule has 2 heterocycles. The topological polar surface area (TPSA) is 72.3 Å². The minimum absolute atomic E-state index is 0.124. The number of amides is 2. The van der Waals surface area contributed by atoms with Crippen molar-refractivity contribution < 1.29 is 9.53 Å². The Labute approximate surface area is 148 Å². The van der Waals surface area contributed by atoms with Crippen molar-refractivity contribution >= 4 is 11.7 Å². The first-order valence-electron chi connectivity index (χ1n) is 8.49. The first kappa shape index (κ1) is 17.4. The number of nitrogens with zero attached hydrogens (tertiary/aromatic N) is 4. The largest absolute Gasteiger partial charge is 0.371 e. The van der Waals surface area contributed by atoms with Crippen molar-refractivity contribution in [1.82, 2.24) is 19.7 Å². The van der Waals surface area contributed by atoms with Crippen molar-refractivity contribution in [2.24, 2.45) is 0 Å². The molecule has 2 amide bonds. The number of rotatable bonds is 3. The fourth-order valence-corrected chi connectivity index (χ4v) is 2.68. The normalized spacial score (nSPS) is 14.3. The Morgan fingerprint density at radius 2 is 2.12 bits per heavy atom. The number of ether oxygens (including phenoxy) is 1. The van der Waals surface area contributed by atoms with E-state index >= 15 is 0 Å². The second-order valence-corrected chi connectivity index (χ2v) is 7.25. The fraction of sp³-hybridized carbons (Fsp3) is 0.500. The van der Waals surface area contributed by atoms with E-state index in [1.54, 1.807) is 4.90 Å². The van der Waals surface area contributed by atoms with E-state index in [0.29, 0.717) is 26.2 Å². The van der Waals surface area contributed by atoms with Crippen LogP contribution in [0.1, 0.15) is 38.0 Å². The summed E-state index contributed by atoms with van der Waals surface area (Å²) in [6.45, 7) is 10.2. The van der Waals surface area contributed by atoms with Gasteiger partial charge in [0.2, 0.25) is 0 Å². The molecular formula is C18H25N5O2. The molecule has 25 heavy (non-hydrogen) atoms. The van der Waals surface area contributed by atoms with E-state index in [1.165, 1.54) is 0 Å². The lowest BCUT2D eigenvalue weighted by molar-refractivity contribution is -0.0149. The summed E-state index contributed by atoms with van der Waals surface area (Å²) in [5, 5.41) is 7.27. The zero-order chi connectivity index (χ0) is 18.0. The van der Waals surface area contributed by atoms with E-state index in [2.05, 4.69) is 15.4 Å². The van der Waals surface area contributed by atoms with Gasteiger partial charge in [-0.3, -0.25) is 0 Å². The molecule has 3 rings (SSSR count). The molecule has 0 saturated heterocycles. The molecule has 7 nitrogen and oxygen atoms in total. The monoisotopic (exact) mass is 343 g/mol. The Balaban J connectivity index is 1.61. The van der Waals surface area contributed by atoms with Crippen LogP contribution >= 0.6 is 0 Å². The van der Waals surface area contributed by atoms with Gasteiger partial charge < -0.3 is 15.0 Å². The van der Waals surface area contributed by atoms with Crippen LogP contribution in [0.3, 0.4) is 0 Å². The highest BCUT2D eigenvalue weighted by Gasteiger charge is 2.23. The molecule has 0 radical (unpaired) electrons. The number of hydrogen-bond acceptors (Lipinski definition) is 4. The Kier molecular flexibility index (Phi) is 4.76. The molecule has 1 aromatic carbocycles. The molecule has 1 aliphatic rings. The number of aryl methyl sites for hydroxylation is 1. The second-order valence-electron chi connectivity index (χ2n) is 7.25. The van der Waals surface area contributed by atoms with Crippen molar-refractivity contribution in [1.29, 1.82) is 0 Å². The van der Waals surface area contributed by atoms with E-state index in [0.717, 1.165) is 22.9 Å². The number of aromatic nitrogens is 3. The molecule has 7 heteroatoms. The number of fused-ring (bicyclic) bond motifs is 1. The van der Waals surface area contributed by atoms with Crippen molar-refractivity contribution in [2.75, 3.05) is 11.9 Å². The fourth-order valence-electron chi connectivity index (χ4n) is 2.68. The van der Waals surface area contributed by atoms with Crippen molar-refractivity contribution in [2.45, 2.75) is 53.0 Å². The van der Waals surface area contributed by atoms with Crippen LogP contribution in [0.2, 0.25) is 0 Å². The van der Waals surface area contributed by atoms with Gasteiger partial charge in [0.05, 0.1) is 25.3 Å². The smallest absolute Gasteiger partial charge is 0.322 e. The molecule has 0 aliphatic carbocycles. The zero-order valence-corrected chi connectivity index (χ0v) is 15.2. The predicted molar refractivity (Wildman–Crippen MR) is 95.2 cm³/mol. The molecule has 0 fully saturated rings. The zero-order valence-electron chi connectivity index (χ0n) is 15.2. The van der Waals surface area contributed by atoms with Gasteiger partial charge in [-0.1, -0.05) is 12.1 Å². The van der Waals surface area contributed by atoms with E-state index < -0.39 is 0 Å². The van der Waals surface area contributed by atoms with Crippen molar-refractivity contribution in [3.63, 3.8) is 0 Å². The van der Waals surface area contributed by atoms with Crippen molar-refractivity contribution in [3.05, 3.63) is 41.5 Å². The highest BCUT2D eigenvalue weighted by molar-refractivity contribution is 5.89. The van der Waals surface area contributed by atoms with Crippen LogP contribution in [0.4, 0.5) is 10.5 Å². The first-order valence-corrected chi connectivity index (χ1v) is 8.49. The van der Waals surface area contributed by atoms with E-state index in [-0.39, 0.29) is 11.6 Å².